The van der Waals surface area contributed by atoms with E-state index in [9.17, 15) is 0 Å². The number of nitrogens with zero attached hydrogens (tertiary/aromatic N) is 2. The highest BCUT2D eigenvalue weighted by Gasteiger charge is 2.32. The minimum absolute atomic E-state index is 0.539. The lowest BCUT2D eigenvalue weighted by Gasteiger charge is -2.12. The maximum Gasteiger partial charge on any atom is 0.102 e. The second-order valence-corrected chi connectivity index (χ2v) is 5.98. The van der Waals surface area contributed by atoms with E-state index in [-0.39, 0.29) is 0 Å². The average molecular weight is 261 g/mol. The van der Waals surface area contributed by atoms with Gasteiger partial charge in [-0.3, -0.25) is 4.68 Å². The molecule has 1 N–H and O–H groups in total. The SMILES string of the molecule is CCn1ccc(-c2ccc(C(NC)C3CC3)s2)n1. The van der Waals surface area contributed by atoms with Crippen molar-refractivity contribution in [1.82, 2.24) is 15.1 Å². The van der Waals surface area contributed by atoms with Crippen molar-refractivity contribution in [3.63, 3.8) is 0 Å². The first kappa shape index (κ1) is 11.9. The number of thiophene rings is 1. The van der Waals surface area contributed by atoms with E-state index in [1.54, 1.807) is 0 Å². The lowest BCUT2D eigenvalue weighted by Crippen LogP contribution is -2.16. The van der Waals surface area contributed by atoms with Gasteiger partial charge in [0.05, 0.1) is 4.88 Å². The molecule has 0 aromatic carbocycles. The molecule has 1 aliphatic rings. The molecule has 0 aliphatic heterocycles. The van der Waals surface area contributed by atoms with Crippen LogP contribution in [0.4, 0.5) is 0 Å². The molecule has 4 heteroatoms. The Kier molecular flexibility index (Phi) is 3.22. The zero-order valence-electron chi connectivity index (χ0n) is 10.9. The lowest BCUT2D eigenvalue weighted by atomic mass is 10.1. The number of rotatable bonds is 5. The molecule has 1 saturated carbocycles. The first-order valence-electron chi connectivity index (χ1n) is 6.62. The molecule has 1 fully saturated rings. The summed E-state index contributed by atoms with van der Waals surface area (Å²) in [5.41, 5.74) is 1.10. The second-order valence-electron chi connectivity index (χ2n) is 4.86. The Morgan fingerprint density at radius 2 is 2.28 bits per heavy atom. The highest BCUT2D eigenvalue weighted by atomic mass is 32.1. The van der Waals surface area contributed by atoms with E-state index in [0.717, 1.165) is 18.2 Å². The molecule has 2 heterocycles. The number of hydrogen-bond donors (Lipinski definition) is 1. The van der Waals surface area contributed by atoms with Crippen LogP contribution in [0.3, 0.4) is 0 Å². The van der Waals surface area contributed by atoms with Crippen LogP contribution in [-0.2, 0) is 6.54 Å². The Morgan fingerprint density at radius 3 is 2.89 bits per heavy atom. The van der Waals surface area contributed by atoms with E-state index in [1.807, 2.05) is 22.2 Å². The number of hydrogen-bond acceptors (Lipinski definition) is 3. The van der Waals surface area contributed by atoms with E-state index in [2.05, 4.69) is 42.6 Å². The van der Waals surface area contributed by atoms with Crippen LogP contribution < -0.4 is 5.32 Å². The van der Waals surface area contributed by atoms with E-state index in [4.69, 9.17) is 0 Å². The average Bonchev–Trinajstić information content (AvgIpc) is 2.94. The van der Waals surface area contributed by atoms with E-state index in [0.29, 0.717) is 6.04 Å². The van der Waals surface area contributed by atoms with Gasteiger partial charge in [-0.2, -0.15) is 5.10 Å². The van der Waals surface area contributed by atoms with Crippen molar-refractivity contribution in [2.24, 2.45) is 5.92 Å². The fourth-order valence-electron chi connectivity index (χ4n) is 2.37. The predicted molar refractivity (Wildman–Crippen MR) is 75.7 cm³/mol. The van der Waals surface area contributed by atoms with Crippen molar-refractivity contribution in [3.05, 3.63) is 29.3 Å². The molecule has 96 valence electrons. The third kappa shape index (κ3) is 2.22. The van der Waals surface area contributed by atoms with Crippen LogP contribution in [0.15, 0.2) is 24.4 Å². The third-order valence-corrected chi connectivity index (χ3v) is 4.75. The summed E-state index contributed by atoms with van der Waals surface area (Å²) < 4.78 is 1.98. The molecule has 0 radical (unpaired) electrons. The van der Waals surface area contributed by atoms with Crippen LogP contribution in [0.2, 0.25) is 0 Å². The quantitative estimate of drug-likeness (QED) is 0.895. The fourth-order valence-corrected chi connectivity index (χ4v) is 3.54. The predicted octanol–water partition coefficient (Wildman–Crippen LogP) is 3.30. The van der Waals surface area contributed by atoms with Crippen molar-refractivity contribution in [3.8, 4) is 10.6 Å². The Hall–Kier alpha value is -1.13. The molecule has 18 heavy (non-hydrogen) atoms. The molecule has 0 spiro atoms. The Bertz CT molecular complexity index is 525. The normalized spacial score (nSPS) is 17.0. The molecule has 2 aromatic rings. The Labute approximate surface area is 112 Å². The van der Waals surface area contributed by atoms with Crippen molar-refractivity contribution in [2.75, 3.05) is 7.05 Å². The molecule has 3 nitrogen and oxygen atoms in total. The van der Waals surface area contributed by atoms with Gasteiger partial charge in [-0.05, 0) is 50.9 Å². The smallest absolute Gasteiger partial charge is 0.102 e. The van der Waals surface area contributed by atoms with Gasteiger partial charge in [0, 0.05) is 23.7 Å². The van der Waals surface area contributed by atoms with Crippen LogP contribution >= 0.6 is 11.3 Å². The van der Waals surface area contributed by atoms with Gasteiger partial charge in [0.25, 0.3) is 0 Å². The molecule has 0 saturated heterocycles. The summed E-state index contributed by atoms with van der Waals surface area (Å²) in [4.78, 5) is 2.72. The van der Waals surface area contributed by atoms with E-state index < -0.39 is 0 Å². The van der Waals surface area contributed by atoms with Crippen molar-refractivity contribution < 1.29 is 0 Å². The van der Waals surface area contributed by atoms with Crippen LogP contribution in [0, 0.1) is 5.92 Å². The molecule has 0 bridgehead atoms. The monoisotopic (exact) mass is 261 g/mol. The van der Waals surface area contributed by atoms with Gasteiger partial charge >= 0.3 is 0 Å². The Balaban J connectivity index is 1.83. The second kappa shape index (κ2) is 4.86. The van der Waals surface area contributed by atoms with Crippen molar-refractivity contribution in [2.45, 2.75) is 32.4 Å². The number of aromatic nitrogens is 2. The van der Waals surface area contributed by atoms with Gasteiger partial charge < -0.3 is 5.32 Å². The molecular formula is C14H19N3S. The van der Waals surface area contributed by atoms with Gasteiger partial charge in [0.15, 0.2) is 0 Å². The maximum atomic E-state index is 4.56. The summed E-state index contributed by atoms with van der Waals surface area (Å²) in [7, 11) is 2.06. The van der Waals surface area contributed by atoms with Gasteiger partial charge in [-0.15, -0.1) is 11.3 Å². The molecule has 3 rings (SSSR count). The zero-order valence-corrected chi connectivity index (χ0v) is 11.7. The Morgan fingerprint density at radius 1 is 1.44 bits per heavy atom. The standard InChI is InChI=1S/C14H19N3S/c1-3-17-9-8-11(16-17)12-6-7-13(18-12)14(15-2)10-4-5-10/h6-10,14-15H,3-5H2,1-2H3. The molecule has 1 unspecified atom stereocenters. The first-order valence-corrected chi connectivity index (χ1v) is 7.44. The lowest BCUT2D eigenvalue weighted by molar-refractivity contribution is 0.537. The van der Waals surface area contributed by atoms with Crippen LogP contribution in [0.5, 0.6) is 0 Å². The third-order valence-electron chi connectivity index (χ3n) is 3.55. The summed E-state index contributed by atoms with van der Waals surface area (Å²) in [5, 5.41) is 8.01. The summed E-state index contributed by atoms with van der Waals surface area (Å²) in [6, 6.07) is 7.10. The van der Waals surface area contributed by atoms with Crippen LogP contribution in [0.25, 0.3) is 10.6 Å². The minimum Gasteiger partial charge on any atom is -0.312 e. The highest BCUT2D eigenvalue weighted by Crippen LogP contribution is 2.43. The van der Waals surface area contributed by atoms with E-state index in [1.165, 1.54) is 22.6 Å². The molecule has 0 amide bonds. The number of aryl methyl sites for hydroxylation is 1. The summed E-state index contributed by atoms with van der Waals surface area (Å²) in [5.74, 6) is 0.842. The van der Waals surface area contributed by atoms with Crippen LogP contribution in [0.1, 0.15) is 30.7 Å². The van der Waals surface area contributed by atoms with Crippen molar-refractivity contribution >= 4 is 11.3 Å². The highest BCUT2D eigenvalue weighted by molar-refractivity contribution is 7.15. The fraction of sp³-hybridized carbons (Fsp3) is 0.500. The summed E-state index contributed by atoms with van der Waals surface area (Å²) in [6.07, 6.45) is 4.78. The van der Waals surface area contributed by atoms with Gasteiger partial charge in [-0.25, -0.2) is 0 Å². The van der Waals surface area contributed by atoms with Crippen LogP contribution in [-0.4, -0.2) is 16.8 Å². The van der Waals surface area contributed by atoms with Crippen molar-refractivity contribution in [1.29, 1.82) is 0 Å². The minimum atomic E-state index is 0.539. The first-order chi connectivity index (χ1) is 8.81. The number of nitrogens with one attached hydrogen (secondary N) is 1. The molecule has 2 aromatic heterocycles. The van der Waals surface area contributed by atoms with Gasteiger partial charge in [0.2, 0.25) is 0 Å². The molecule has 1 aliphatic carbocycles. The molecular weight excluding hydrogens is 242 g/mol. The largest absolute Gasteiger partial charge is 0.312 e. The molecule has 1 atom stereocenters. The van der Waals surface area contributed by atoms with E-state index >= 15 is 0 Å². The maximum absolute atomic E-state index is 4.56. The summed E-state index contributed by atoms with van der Waals surface area (Å²) in [6.45, 7) is 3.04. The van der Waals surface area contributed by atoms with Gasteiger partial charge in [-0.1, -0.05) is 0 Å². The van der Waals surface area contributed by atoms with Gasteiger partial charge in [0.1, 0.15) is 5.69 Å². The topological polar surface area (TPSA) is 29.9 Å². The zero-order chi connectivity index (χ0) is 12.5. The summed E-state index contributed by atoms with van der Waals surface area (Å²) >= 11 is 1.87.